The lowest BCUT2D eigenvalue weighted by Gasteiger charge is -2.38. The predicted molar refractivity (Wildman–Crippen MR) is 108 cm³/mol. The highest BCUT2D eigenvalue weighted by Gasteiger charge is 2.24. The molecule has 6 heteroatoms. The summed E-state index contributed by atoms with van der Waals surface area (Å²) in [4.78, 5) is 17.1. The molecule has 1 saturated heterocycles. The van der Waals surface area contributed by atoms with Crippen LogP contribution in [0.5, 0.6) is 5.75 Å². The molecule has 1 unspecified atom stereocenters. The van der Waals surface area contributed by atoms with E-state index in [4.69, 9.17) is 4.74 Å². The Hall–Kier alpha value is -2.44. The van der Waals surface area contributed by atoms with Gasteiger partial charge < -0.3 is 15.0 Å². The van der Waals surface area contributed by atoms with E-state index >= 15 is 0 Å². The summed E-state index contributed by atoms with van der Waals surface area (Å²) in [6.45, 7) is 4.48. The normalized spacial score (nSPS) is 16.5. The highest BCUT2D eigenvalue weighted by atomic mass is 19.1. The van der Waals surface area contributed by atoms with E-state index in [1.807, 2.05) is 12.1 Å². The van der Waals surface area contributed by atoms with Crippen LogP contribution < -0.4 is 10.1 Å². The molecule has 0 saturated carbocycles. The number of carbonyl (C=O) groups excluding carboxylic acids is 1. The smallest absolute Gasteiger partial charge is 0.224 e. The van der Waals surface area contributed by atoms with E-state index in [1.165, 1.54) is 12.1 Å². The molecule has 1 atom stereocenters. The van der Waals surface area contributed by atoms with Gasteiger partial charge in [-0.1, -0.05) is 24.3 Å². The van der Waals surface area contributed by atoms with E-state index in [9.17, 15) is 9.18 Å². The number of likely N-dealkylation sites (N-methyl/N-ethyl adjacent to an activating group) is 1. The lowest BCUT2D eigenvalue weighted by Crippen LogP contribution is -2.48. The zero-order valence-electron chi connectivity index (χ0n) is 16.5. The van der Waals surface area contributed by atoms with Gasteiger partial charge >= 0.3 is 0 Å². The molecule has 28 heavy (non-hydrogen) atoms. The molecule has 3 rings (SSSR count). The van der Waals surface area contributed by atoms with E-state index < -0.39 is 0 Å². The fourth-order valence-electron chi connectivity index (χ4n) is 3.48. The summed E-state index contributed by atoms with van der Waals surface area (Å²) in [6.07, 6.45) is 0.248. The van der Waals surface area contributed by atoms with Crippen molar-refractivity contribution in [3.05, 3.63) is 65.5 Å². The van der Waals surface area contributed by atoms with Gasteiger partial charge in [0.05, 0.1) is 19.6 Å². The fraction of sp³-hybridized carbons (Fsp3) is 0.409. The fourth-order valence-corrected chi connectivity index (χ4v) is 3.48. The van der Waals surface area contributed by atoms with E-state index in [-0.39, 0.29) is 24.2 Å². The molecule has 2 aromatic carbocycles. The molecular weight excluding hydrogens is 357 g/mol. The van der Waals surface area contributed by atoms with Crippen LogP contribution in [0.3, 0.4) is 0 Å². The average molecular weight is 385 g/mol. The molecule has 0 bridgehead atoms. The van der Waals surface area contributed by atoms with Gasteiger partial charge in [0.1, 0.15) is 11.6 Å². The van der Waals surface area contributed by atoms with Crippen LogP contribution in [0.2, 0.25) is 0 Å². The van der Waals surface area contributed by atoms with Gasteiger partial charge in [0, 0.05) is 32.7 Å². The van der Waals surface area contributed by atoms with E-state index in [0.29, 0.717) is 6.54 Å². The molecule has 1 amide bonds. The van der Waals surface area contributed by atoms with E-state index in [1.54, 1.807) is 19.2 Å². The van der Waals surface area contributed by atoms with Gasteiger partial charge in [-0.15, -0.1) is 0 Å². The Kier molecular flexibility index (Phi) is 7.01. The van der Waals surface area contributed by atoms with Gasteiger partial charge in [-0.2, -0.15) is 0 Å². The van der Waals surface area contributed by atoms with Crippen molar-refractivity contribution < 1.29 is 13.9 Å². The van der Waals surface area contributed by atoms with Crippen molar-refractivity contribution in [1.82, 2.24) is 15.1 Å². The van der Waals surface area contributed by atoms with Crippen molar-refractivity contribution in [3.63, 3.8) is 0 Å². The number of ether oxygens (including phenoxy) is 1. The Labute approximate surface area is 166 Å². The molecule has 1 fully saturated rings. The van der Waals surface area contributed by atoms with Crippen LogP contribution in [-0.4, -0.2) is 62.6 Å². The summed E-state index contributed by atoms with van der Waals surface area (Å²) in [5, 5.41) is 3.06. The zero-order valence-corrected chi connectivity index (χ0v) is 16.5. The lowest BCUT2D eigenvalue weighted by molar-refractivity contribution is -0.120. The number of nitrogens with zero attached hydrogens (tertiary/aromatic N) is 2. The number of amides is 1. The highest BCUT2D eigenvalue weighted by Crippen LogP contribution is 2.24. The third-order valence-corrected chi connectivity index (χ3v) is 5.25. The molecule has 1 aliphatic rings. The topological polar surface area (TPSA) is 44.8 Å². The maximum atomic E-state index is 13.0. The largest absolute Gasteiger partial charge is 0.497 e. The van der Waals surface area contributed by atoms with Gasteiger partial charge in [0.25, 0.3) is 0 Å². The first-order chi connectivity index (χ1) is 13.5. The first-order valence-electron chi connectivity index (χ1n) is 9.63. The Morgan fingerprint density at radius 3 is 2.32 bits per heavy atom. The van der Waals surface area contributed by atoms with Gasteiger partial charge in [0.15, 0.2) is 0 Å². The molecule has 150 valence electrons. The molecule has 1 aliphatic heterocycles. The third kappa shape index (κ3) is 5.53. The number of rotatable bonds is 7. The first kappa shape index (κ1) is 20.3. The van der Waals surface area contributed by atoms with Gasteiger partial charge in [-0.05, 0) is 42.4 Å². The standard InChI is InChI=1S/C22H28FN3O2/c1-25-11-13-26(14-12-25)21(18-5-9-20(28-2)10-6-18)16-24-22(27)15-17-3-7-19(23)8-4-17/h3-10,21H,11-16H2,1-2H3,(H,24,27). The second kappa shape index (κ2) is 9.66. The minimum absolute atomic E-state index is 0.0563. The summed E-state index contributed by atoms with van der Waals surface area (Å²) in [6, 6.07) is 14.2. The molecule has 1 heterocycles. The zero-order chi connectivity index (χ0) is 19.9. The van der Waals surface area contributed by atoms with Crippen LogP contribution in [-0.2, 0) is 11.2 Å². The Bertz CT molecular complexity index is 756. The van der Waals surface area contributed by atoms with Crippen molar-refractivity contribution in [3.8, 4) is 5.75 Å². The van der Waals surface area contributed by atoms with Gasteiger partial charge in [-0.25, -0.2) is 4.39 Å². The monoisotopic (exact) mass is 385 g/mol. The average Bonchev–Trinajstić information content (AvgIpc) is 2.71. The van der Waals surface area contributed by atoms with Crippen LogP contribution in [0.4, 0.5) is 4.39 Å². The molecule has 2 aromatic rings. The number of hydrogen-bond donors (Lipinski definition) is 1. The molecule has 0 spiro atoms. The first-order valence-corrected chi connectivity index (χ1v) is 9.63. The number of nitrogens with one attached hydrogen (secondary N) is 1. The predicted octanol–water partition coefficient (Wildman–Crippen LogP) is 2.48. The van der Waals surface area contributed by atoms with Crippen LogP contribution in [0.25, 0.3) is 0 Å². The number of halogens is 1. The highest BCUT2D eigenvalue weighted by molar-refractivity contribution is 5.78. The maximum absolute atomic E-state index is 13.0. The Balaban J connectivity index is 1.65. The Morgan fingerprint density at radius 2 is 1.71 bits per heavy atom. The second-order valence-corrected chi connectivity index (χ2v) is 7.24. The molecule has 0 aliphatic carbocycles. The maximum Gasteiger partial charge on any atom is 0.224 e. The molecule has 0 aromatic heterocycles. The van der Waals surface area contributed by atoms with E-state index in [0.717, 1.165) is 43.1 Å². The third-order valence-electron chi connectivity index (χ3n) is 5.25. The van der Waals surface area contributed by atoms with Gasteiger partial charge in [0.2, 0.25) is 5.91 Å². The number of hydrogen-bond acceptors (Lipinski definition) is 4. The minimum Gasteiger partial charge on any atom is -0.497 e. The van der Waals surface area contributed by atoms with Crippen molar-refractivity contribution in [1.29, 1.82) is 0 Å². The summed E-state index contributed by atoms with van der Waals surface area (Å²) in [7, 11) is 3.78. The Morgan fingerprint density at radius 1 is 1.07 bits per heavy atom. The molecular formula is C22H28FN3O2. The number of methoxy groups -OCH3 is 1. The molecule has 0 radical (unpaired) electrons. The van der Waals surface area contributed by atoms with E-state index in [2.05, 4.69) is 34.3 Å². The summed E-state index contributed by atoms with van der Waals surface area (Å²) < 4.78 is 18.3. The second-order valence-electron chi connectivity index (χ2n) is 7.24. The lowest BCUT2D eigenvalue weighted by atomic mass is 10.0. The number of carbonyl (C=O) groups is 1. The van der Waals surface area contributed by atoms with Crippen LogP contribution in [0, 0.1) is 5.82 Å². The van der Waals surface area contributed by atoms with Crippen molar-refractivity contribution >= 4 is 5.91 Å². The summed E-state index contributed by atoms with van der Waals surface area (Å²) in [5.74, 6) is 0.472. The SMILES string of the molecule is COc1ccc(C(CNC(=O)Cc2ccc(F)cc2)N2CCN(C)CC2)cc1. The van der Waals surface area contributed by atoms with Crippen molar-refractivity contribution in [2.75, 3.05) is 46.9 Å². The summed E-state index contributed by atoms with van der Waals surface area (Å²) in [5.41, 5.74) is 1.96. The van der Waals surface area contributed by atoms with Crippen molar-refractivity contribution in [2.24, 2.45) is 0 Å². The van der Waals surface area contributed by atoms with Crippen LogP contribution in [0.1, 0.15) is 17.2 Å². The number of benzene rings is 2. The quantitative estimate of drug-likeness (QED) is 0.795. The number of piperazine rings is 1. The van der Waals surface area contributed by atoms with Crippen LogP contribution in [0.15, 0.2) is 48.5 Å². The van der Waals surface area contributed by atoms with Crippen LogP contribution >= 0.6 is 0 Å². The minimum atomic E-state index is -0.293. The summed E-state index contributed by atoms with van der Waals surface area (Å²) >= 11 is 0. The van der Waals surface area contributed by atoms with Crippen molar-refractivity contribution in [2.45, 2.75) is 12.5 Å². The molecule has 1 N–H and O–H groups in total. The molecule has 5 nitrogen and oxygen atoms in total. The van der Waals surface area contributed by atoms with Gasteiger partial charge in [-0.3, -0.25) is 9.69 Å².